The van der Waals surface area contributed by atoms with E-state index in [0.717, 1.165) is 25.8 Å². The molecule has 0 aliphatic heterocycles. The summed E-state index contributed by atoms with van der Waals surface area (Å²) in [4.78, 5) is 17.4. The van der Waals surface area contributed by atoms with Gasteiger partial charge >= 0.3 is 0 Å². The molecule has 0 spiro atoms. The van der Waals surface area contributed by atoms with Crippen LogP contribution in [0.5, 0.6) is 0 Å². The van der Waals surface area contributed by atoms with E-state index in [9.17, 15) is 4.79 Å². The number of rotatable bonds is 5. The number of anilines is 1. The first-order valence-corrected chi connectivity index (χ1v) is 5.99. The largest absolute Gasteiger partial charge is 0.375 e. The summed E-state index contributed by atoms with van der Waals surface area (Å²) in [7, 11) is 1.80. The lowest BCUT2D eigenvalue weighted by Crippen LogP contribution is -2.28. The van der Waals surface area contributed by atoms with Crippen LogP contribution in [0.25, 0.3) is 0 Å². The number of hydrogen-bond acceptors (Lipinski definition) is 4. The van der Waals surface area contributed by atoms with Gasteiger partial charge in [-0.2, -0.15) is 0 Å². The van der Waals surface area contributed by atoms with Gasteiger partial charge in [0.1, 0.15) is 5.69 Å². The maximum Gasteiger partial charge on any atom is 0.273 e. The summed E-state index contributed by atoms with van der Waals surface area (Å²) in [5, 5.41) is 2.15. The molecule has 0 atom stereocenters. The molecule has 5 heteroatoms. The molecule has 1 aromatic rings. The van der Waals surface area contributed by atoms with E-state index in [2.05, 4.69) is 11.9 Å². The van der Waals surface area contributed by atoms with Gasteiger partial charge in [-0.25, -0.2) is 4.98 Å². The number of thiazole rings is 1. The quantitative estimate of drug-likeness (QED) is 0.782. The van der Waals surface area contributed by atoms with Crippen LogP contribution < -0.4 is 5.73 Å². The normalized spacial score (nSPS) is 10.3. The number of carbonyl (C=O) groups excluding carboxylic acids is 1. The van der Waals surface area contributed by atoms with Gasteiger partial charge in [0.25, 0.3) is 5.91 Å². The Kier molecular flexibility index (Phi) is 4.55. The number of nitrogens with zero attached hydrogens (tertiary/aromatic N) is 2. The maximum absolute atomic E-state index is 11.8. The van der Waals surface area contributed by atoms with Crippen LogP contribution in [0.3, 0.4) is 0 Å². The number of nitrogens with two attached hydrogens (primary N) is 1. The fraction of sp³-hybridized carbons (Fsp3) is 0.600. The van der Waals surface area contributed by atoms with Gasteiger partial charge in [-0.05, 0) is 6.42 Å². The average molecular weight is 227 g/mol. The molecule has 0 radical (unpaired) electrons. The van der Waals surface area contributed by atoms with Gasteiger partial charge in [0.15, 0.2) is 5.13 Å². The smallest absolute Gasteiger partial charge is 0.273 e. The molecule has 0 unspecified atom stereocenters. The second-order valence-electron chi connectivity index (χ2n) is 3.50. The Labute approximate surface area is 94.1 Å². The molecular formula is C10H17N3OS. The molecule has 1 rings (SSSR count). The van der Waals surface area contributed by atoms with Crippen molar-refractivity contribution in [2.45, 2.75) is 26.2 Å². The number of amides is 1. The van der Waals surface area contributed by atoms with Crippen LogP contribution in [0.2, 0.25) is 0 Å². The first kappa shape index (κ1) is 12.0. The summed E-state index contributed by atoms with van der Waals surface area (Å²) in [6.07, 6.45) is 3.35. The van der Waals surface area contributed by atoms with Gasteiger partial charge in [0.05, 0.1) is 0 Å². The molecule has 0 saturated heterocycles. The summed E-state index contributed by atoms with van der Waals surface area (Å²) in [6, 6.07) is 0. The minimum Gasteiger partial charge on any atom is -0.375 e. The highest BCUT2D eigenvalue weighted by atomic mass is 32.1. The zero-order valence-electron chi connectivity index (χ0n) is 9.19. The van der Waals surface area contributed by atoms with Gasteiger partial charge in [0.2, 0.25) is 0 Å². The van der Waals surface area contributed by atoms with Crippen LogP contribution in [0.15, 0.2) is 5.38 Å². The molecule has 1 amide bonds. The molecule has 0 bridgehead atoms. The second kappa shape index (κ2) is 5.70. The Balaban J connectivity index is 2.46. The van der Waals surface area contributed by atoms with Crippen LogP contribution >= 0.6 is 11.3 Å². The lowest BCUT2D eigenvalue weighted by Gasteiger charge is -2.15. The van der Waals surface area contributed by atoms with Crippen LogP contribution in [0.1, 0.15) is 36.7 Å². The highest BCUT2D eigenvalue weighted by Gasteiger charge is 2.13. The van der Waals surface area contributed by atoms with E-state index in [4.69, 9.17) is 5.73 Å². The van der Waals surface area contributed by atoms with Gasteiger partial charge < -0.3 is 10.6 Å². The van der Waals surface area contributed by atoms with E-state index in [0.29, 0.717) is 10.8 Å². The molecule has 1 aromatic heterocycles. The Bertz CT molecular complexity index is 324. The van der Waals surface area contributed by atoms with Gasteiger partial charge in [0, 0.05) is 19.0 Å². The molecule has 1 heterocycles. The SMILES string of the molecule is CCCCCN(C)C(=O)c1csc(N)n1. The first-order valence-electron chi connectivity index (χ1n) is 5.11. The number of aromatic nitrogens is 1. The Morgan fingerprint density at radius 1 is 1.60 bits per heavy atom. The molecular weight excluding hydrogens is 210 g/mol. The standard InChI is InChI=1S/C10H17N3OS/c1-3-4-5-6-13(2)9(14)8-7-15-10(11)12-8/h7H,3-6H2,1-2H3,(H2,11,12). The third-order valence-corrected chi connectivity index (χ3v) is 2.86. The predicted molar refractivity (Wildman–Crippen MR) is 63.0 cm³/mol. The van der Waals surface area contributed by atoms with Crippen molar-refractivity contribution in [2.24, 2.45) is 0 Å². The Morgan fingerprint density at radius 2 is 2.33 bits per heavy atom. The minimum atomic E-state index is -0.0425. The third kappa shape index (κ3) is 3.51. The summed E-state index contributed by atoms with van der Waals surface area (Å²) in [5.41, 5.74) is 5.93. The topological polar surface area (TPSA) is 59.2 Å². The molecule has 0 aromatic carbocycles. The Morgan fingerprint density at radius 3 is 2.87 bits per heavy atom. The maximum atomic E-state index is 11.8. The zero-order valence-corrected chi connectivity index (χ0v) is 10.0. The molecule has 15 heavy (non-hydrogen) atoms. The van der Waals surface area contributed by atoms with Crippen molar-refractivity contribution in [3.05, 3.63) is 11.1 Å². The van der Waals surface area contributed by atoms with Crippen LogP contribution in [0, 0.1) is 0 Å². The highest BCUT2D eigenvalue weighted by molar-refractivity contribution is 7.13. The predicted octanol–water partition coefficient (Wildman–Crippen LogP) is 1.99. The molecule has 0 saturated carbocycles. The van der Waals surface area contributed by atoms with Crippen molar-refractivity contribution in [1.29, 1.82) is 0 Å². The van der Waals surface area contributed by atoms with Crippen molar-refractivity contribution in [2.75, 3.05) is 19.3 Å². The van der Waals surface area contributed by atoms with Crippen molar-refractivity contribution < 1.29 is 4.79 Å². The number of hydrogen-bond donors (Lipinski definition) is 1. The van der Waals surface area contributed by atoms with E-state index in [1.165, 1.54) is 11.3 Å². The third-order valence-electron chi connectivity index (χ3n) is 2.18. The molecule has 0 fully saturated rings. The highest BCUT2D eigenvalue weighted by Crippen LogP contribution is 2.12. The van der Waals surface area contributed by atoms with Crippen molar-refractivity contribution >= 4 is 22.4 Å². The van der Waals surface area contributed by atoms with Crippen LogP contribution in [-0.2, 0) is 0 Å². The molecule has 0 aliphatic carbocycles. The van der Waals surface area contributed by atoms with Crippen molar-refractivity contribution in [3.63, 3.8) is 0 Å². The van der Waals surface area contributed by atoms with E-state index < -0.39 is 0 Å². The second-order valence-corrected chi connectivity index (χ2v) is 4.39. The molecule has 2 N–H and O–H groups in total. The number of nitrogen functional groups attached to an aromatic ring is 1. The summed E-state index contributed by atoms with van der Waals surface area (Å²) in [6.45, 7) is 2.92. The van der Waals surface area contributed by atoms with Crippen molar-refractivity contribution in [1.82, 2.24) is 9.88 Å². The number of unbranched alkanes of at least 4 members (excludes halogenated alkanes) is 2. The number of carbonyl (C=O) groups is 1. The van der Waals surface area contributed by atoms with Crippen molar-refractivity contribution in [3.8, 4) is 0 Å². The van der Waals surface area contributed by atoms with Gasteiger partial charge in [-0.15, -0.1) is 11.3 Å². The zero-order chi connectivity index (χ0) is 11.3. The van der Waals surface area contributed by atoms with E-state index in [1.54, 1.807) is 17.3 Å². The minimum absolute atomic E-state index is 0.0425. The molecule has 4 nitrogen and oxygen atoms in total. The summed E-state index contributed by atoms with van der Waals surface area (Å²) < 4.78 is 0. The lowest BCUT2D eigenvalue weighted by atomic mass is 10.2. The monoisotopic (exact) mass is 227 g/mol. The molecule has 84 valence electrons. The van der Waals surface area contributed by atoms with Gasteiger partial charge in [-0.3, -0.25) is 4.79 Å². The Hall–Kier alpha value is -1.10. The van der Waals surface area contributed by atoms with E-state index in [-0.39, 0.29) is 5.91 Å². The van der Waals surface area contributed by atoms with E-state index in [1.807, 2.05) is 0 Å². The fourth-order valence-electron chi connectivity index (χ4n) is 1.28. The lowest BCUT2D eigenvalue weighted by molar-refractivity contribution is 0.0788. The van der Waals surface area contributed by atoms with Gasteiger partial charge in [-0.1, -0.05) is 19.8 Å². The summed E-state index contributed by atoms with van der Waals surface area (Å²) in [5.74, 6) is -0.0425. The van der Waals surface area contributed by atoms with E-state index >= 15 is 0 Å². The fourth-order valence-corrected chi connectivity index (χ4v) is 1.82. The summed E-state index contributed by atoms with van der Waals surface area (Å²) >= 11 is 1.30. The first-order chi connectivity index (χ1) is 7.15. The molecule has 0 aliphatic rings. The average Bonchev–Trinajstić information content (AvgIpc) is 2.64. The van der Waals surface area contributed by atoms with Crippen LogP contribution in [-0.4, -0.2) is 29.4 Å². The van der Waals surface area contributed by atoms with Crippen LogP contribution in [0.4, 0.5) is 5.13 Å².